The summed E-state index contributed by atoms with van der Waals surface area (Å²) in [6, 6.07) is 8.47. The van der Waals surface area contributed by atoms with Gasteiger partial charge in [-0.05, 0) is 30.5 Å². The lowest BCUT2D eigenvalue weighted by molar-refractivity contribution is -0.144. The number of fused-ring (bicyclic) bond motifs is 1. The molecule has 0 saturated carbocycles. The zero-order valence-corrected chi connectivity index (χ0v) is 19.0. The van der Waals surface area contributed by atoms with Gasteiger partial charge in [0.25, 0.3) is 0 Å². The summed E-state index contributed by atoms with van der Waals surface area (Å²) in [7, 11) is 1.83. The van der Waals surface area contributed by atoms with Gasteiger partial charge in [-0.25, -0.2) is 9.67 Å². The van der Waals surface area contributed by atoms with Crippen LogP contribution >= 0.6 is 0 Å². The normalized spacial score (nSPS) is 14.3. The molecule has 184 valence electrons. The van der Waals surface area contributed by atoms with Crippen LogP contribution in [-0.2, 0) is 12.6 Å². The lowest BCUT2D eigenvalue weighted by Gasteiger charge is -2.30. The number of nitrogens with one attached hydrogen (secondary N) is 1. The fraction of sp³-hybridized carbons (Fsp3) is 0.261. The second-order valence-electron chi connectivity index (χ2n) is 8.24. The summed E-state index contributed by atoms with van der Waals surface area (Å²) < 4.78 is 43.7. The van der Waals surface area contributed by atoms with E-state index < -0.39 is 23.7 Å². The Morgan fingerprint density at radius 2 is 1.94 bits per heavy atom. The maximum atomic E-state index is 14.3. The number of rotatable bonds is 5. The molecule has 1 aromatic carbocycles. The molecule has 10 nitrogen and oxygen atoms in total. The number of benzene rings is 1. The number of nitrogens with zero attached hydrogens (tertiary/aromatic N) is 8. The minimum Gasteiger partial charge on any atom is -0.373 e. The van der Waals surface area contributed by atoms with Crippen molar-refractivity contribution < 1.29 is 18.3 Å². The molecule has 0 fully saturated rings. The van der Waals surface area contributed by atoms with Crippen LogP contribution in [0.4, 0.5) is 24.5 Å². The van der Waals surface area contributed by atoms with Gasteiger partial charge in [-0.15, -0.1) is 4.80 Å². The van der Waals surface area contributed by atoms with Gasteiger partial charge < -0.3 is 15.3 Å². The van der Waals surface area contributed by atoms with Gasteiger partial charge in [0.15, 0.2) is 17.7 Å². The van der Waals surface area contributed by atoms with Crippen molar-refractivity contribution in [3.63, 3.8) is 0 Å². The summed E-state index contributed by atoms with van der Waals surface area (Å²) in [6.07, 6.45) is 0.149. The Morgan fingerprint density at radius 1 is 1.17 bits per heavy atom. The van der Waals surface area contributed by atoms with Crippen LogP contribution < -0.4 is 10.2 Å². The van der Waals surface area contributed by atoms with Crippen molar-refractivity contribution in [3.05, 3.63) is 71.4 Å². The van der Waals surface area contributed by atoms with Gasteiger partial charge in [0.2, 0.25) is 0 Å². The van der Waals surface area contributed by atoms with E-state index in [1.165, 1.54) is 24.7 Å². The van der Waals surface area contributed by atoms with E-state index in [0.717, 1.165) is 34.1 Å². The number of aliphatic hydroxyl groups is 1. The standard InChI is InChI=1S/C23H20F3N9O/c1-33-9-3-5-14-4-2-6-18(19(14)33)34-20(23(24,25)26)17(13-31-34)22(36)32-16-10-15(11-27)21(28-12-16)35-29-7-8-30-35/h2,4,6-8,10,12-13,22,32,36H,3,5,9H2,1H3. The molecule has 1 unspecified atom stereocenters. The van der Waals surface area contributed by atoms with E-state index in [-0.39, 0.29) is 22.8 Å². The minimum absolute atomic E-state index is 0.0640. The summed E-state index contributed by atoms with van der Waals surface area (Å²) in [4.78, 5) is 7.17. The second kappa shape index (κ2) is 8.97. The van der Waals surface area contributed by atoms with Gasteiger partial charge in [-0.3, -0.25) is 0 Å². The van der Waals surface area contributed by atoms with E-state index in [0.29, 0.717) is 12.2 Å². The van der Waals surface area contributed by atoms with Gasteiger partial charge in [0.05, 0.1) is 47.4 Å². The van der Waals surface area contributed by atoms with Gasteiger partial charge in [0, 0.05) is 13.6 Å². The number of hydrogen-bond acceptors (Lipinski definition) is 8. The Bertz CT molecular complexity index is 1440. The number of para-hydroxylation sites is 1. The van der Waals surface area contributed by atoms with Crippen LogP contribution in [0.3, 0.4) is 0 Å². The molecule has 1 aliphatic heterocycles. The van der Waals surface area contributed by atoms with Gasteiger partial charge in [-0.1, -0.05) is 12.1 Å². The van der Waals surface area contributed by atoms with Crippen LogP contribution in [0, 0.1) is 11.3 Å². The van der Waals surface area contributed by atoms with E-state index in [9.17, 15) is 23.5 Å². The van der Waals surface area contributed by atoms with Crippen LogP contribution in [0.1, 0.15) is 35.0 Å². The Balaban J connectivity index is 1.52. The van der Waals surface area contributed by atoms with E-state index >= 15 is 0 Å². The van der Waals surface area contributed by atoms with Crippen molar-refractivity contribution in [2.24, 2.45) is 0 Å². The zero-order valence-electron chi connectivity index (χ0n) is 19.0. The van der Waals surface area contributed by atoms with Crippen molar-refractivity contribution in [1.29, 1.82) is 5.26 Å². The van der Waals surface area contributed by atoms with E-state index in [1.807, 2.05) is 24.1 Å². The van der Waals surface area contributed by atoms with Crippen molar-refractivity contribution >= 4 is 11.4 Å². The first-order valence-electron chi connectivity index (χ1n) is 11.0. The Hall–Kier alpha value is -4.44. The fourth-order valence-electron chi connectivity index (χ4n) is 4.38. The van der Waals surface area contributed by atoms with Crippen LogP contribution in [0.25, 0.3) is 11.5 Å². The Morgan fingerprint density at radius 3 is 2.67 bits per heavy atom. The highest BCUT2D eigenvalue weighted by atomic mass is 19.4. The minimum atomic E-state index is -4.81. The lowest BCUT2D eigenvalue weighted by Crippen LogP contribution is -2.27. The number of hydrogen-bond donors (Lipinski definition) is 2. The predicted molar refractivity (Wildman–Crippen MR) is 123 cm³/mol. The van der Waals surface area contributed by atoms with Crippen LogP contribution in [0.2, 0.25) is 0 Å². The smallest absolute Gasteiger partial charge is 0.373 e. The van der Waals surface area contributed by atoms with Crippen molar-refractivity contribution in [1.82, 2.24) is 29.8 Å². The predicted octanol–water partition coefficient (Wildman–Crippen LogP) is 3.22. The number of pyridine rings is 1. The molecular weight excluding hydrogens is 475 g/mol. The maximum absolute atomic E-state index is 14.3. The first-order valence-corrected chi connectivity index (χ1v) is 11.0. The van der Waals surface area contributed by atoms with Crippen LogP contribution in [0.15, 0.2) is 49.1 Å². The number of halogens is 3. The van der Waals surface area contributed by atoms with Crippen LogP contribution in [-0.4, -0.2) is 48.5 Å². The fourth-order valence-corrected chi connectivity index (χ4v) is 4.38. The summed E-state index contributed by atoms with van der Waals surface area (Å²) >= 11 is 0. The number of anilines is 2. The number of aromatic nitrogens is 6. The molecule has 1 atom stereocenters. The molecule has 1 aliphatic rings. The highest BCUT2D eigenvalue weighted by molar-refractivity contribution is 5.69. The SMILES string of the molecule is CN1CCCc2cccc(-n3ncc(C(O)Nc4cnc(-n5nccn5)c(C#N)c4)c3C(F)(F)F)c21. The average Bonchev–Trinajstić information content (AvgIpc) is 3.54. The van der Waals surface area contributed by atoms with E-state index in [2.05, 4.69) is 25.6 Å². The number of aryl methyl sites for hydroxylation is 1. The van der Waals surface area contributed by atoms with Gasteiger partial charge in [0.1, 0.15) is 11.6 Å². The van der Waals surface area contributed by atoms with Crippen molar-refractivity contribution in [3.8, 4) is 17.6 Å². The molecule has 3 aromatic heterocycles. The highest BCUT2D eigenvalue weighted by Crippen LogP contribution is 2.40. The topological polar surface area (TPSA) is 121 Å². The third-order valence-electron chi connectivity index (χ3n) is 5.91. The quantitative estimate of drug-likeness (QED) is 0.405. The van der Waals surface area contributed by atoms with Gasteiger partial charge >= 0.3 is 6.18 Å². The molecule has 13 heteroatoms. The number of nitriles is 1. The molecule has 0 aliphatic carbocycles. The summed E-state index contributed by atoms with van der Waals surface area (Å²) in [5, 5.41) is 34.7. The average molecular weight is 495 g/mol. The zero-order chi connectivity index (χ0) is 25.4. The highest BCUT2D eigenvalue weighted by Gasteiger charge is 2.41. The van der Waals surface area contributed by atoms with Gasteiger partial charge in [-0.2, -0.15) is 33.7 Å². The Labute approximate surface area is 203 Å². The molecular formula is C23H20F3N9O. The largest absolute Gasteiger partial charge is 0.433 e. The third-order valence-corrected chi connectivity index (χ3v) is 5.91. The third kappa shape index (κ3) is 4.11. The first kappa shape index (κ1) is 23.3. The summed E-state index contributed by atoms with van der Waals surface area (Å²) in [5.41, 5.74) is 0.534. The molecule has 5 rings (SSSR count). The Kier molecular flexibility index (Phi) is 5.81. The summed E-state index contributed by atoms with van der Waals surface area (Å²) in [5.74, 6) is 0.143. The molecule has 0 bridgehead atoms. The monoisotopic (exact) mass is 495 g/mol. The summed E-state index contributed by atoms with van der Waals surface area (Å²) in [6.45, 7) is 0.710. The molecule has 0 spiro atoms. The molecule has 0 radical (unpaired) electrons. The molecule has 2 N–H and O–H groups in total. The molecule has 0 saturated heterocycles. The second-order valence-corrected chi connectivity index (χ2v) is 8.24. The maximum Gasteiger partial charge on any atom is 0.433 e. The van der Waals surface area contributed by atoms with Crippen molar-refractivity contribution in [2.75, 3.05) is 23.8 Å². The molecule has 4 heterocycles. The number of alkyl halides is 3. The molecule has 0 amide bonds. The van der Waals surface area contributed by atoms with E-state index in [4.69, 9.17) is 0 Å². The first-order chi connectivity index (χ1) is 17.3. The molecule has 4 aromatic rings. The van der Waals surface area contributed by atoms with E-state index in [1.54, 1.807) is 12.1 Å². The van der Waals surface area contributed by atoms with Crippen LogP contribution in [0.5, 0.6) is 0 Å². The van der Waals surface area contributed by atoms with Crippen molar-refractivity contribution in [2.45, 2.75) is 25.2 Å². The molecule has 36 heavy (non-hydrogen) atoms. The number of aliphatic hydroxyl groups excluding tert-OH is 1. The lowest BCUT2D eigenvalue weighted by atomic mass is 10.0.